The quantitative estimate of drug-likeness (QED) is 0.589. The second-order valence-electron chi connectivity index (χ2n) is 6.10. The van der Waals surface area contributed by atoms with Crippen molar-refractivity contribution in [3.05, 3.63) is 29.3 Å². The van der Waals surface area contributed by atoms with Gasteiger partial charge in [-0.2, -0.15) is 0 Å². The second kappa shape index (κ2) is 7.35. The fourth-order valence-corrected chi connectivity index (χ4v) is 3.61. The predicted molar refractivity (Wildman–Crippen MR) is 86.1 cm³/mol. The van der Waals surface area contributed by atoms with E-state index in [4.69, 9.17) is 0 Å². The predicted octanol–water partition coefficient (Wildman–Crippen LogP) is 4.29. The molecule has 2 heteroatoms. The third kappa shape index (κ3) is 4.85. The van der Waals surface area contributed by atoms with E-state index in [9.17, 15) is 0 Å². The highest BCUT2D eigenvalue weighted by molar-refractivity contribution is 8.00. The molecule has 1 N–H and O–H groups in total. The summed E-state index contributed by atoms with van der Waals surface area (Å²) >= 11 is 2.01. The first-order chi connectivity index (χ1) is 9.15. The van der Waals surface area contributed by atoms with E-state index in [1.165, 1.54) is 30.6 Å². The van der Waals surface area contributed by atoms with Gasteiger partial charge in [0.2, 0.25) is 0 Å². The Labute approximate surface area is 122 Å². The van der Waals surface area contributed by atoms with Gasteiger partial charge in [0.15, 0.2) is 0 Å². The normalized spacial score (nSPS) is 15.8. The Hall–Kier alpha value is -0.470. The lowest BCUT2D eigenvalue weighted by atomic mass is 10.1. The summed E-state index contributed by atoms with van der Waals surface area (Å²) < 4.78 is 0. The highest BCUT2D eigenvalue weighted by atomic mass is 32.2. The van der Waals surface area contributed by atoms with Crippen LogP contribution in [-0.2, 0) is 12.8 Å². The first-order valence-electron chi connectivity index (χ1n) is 7.64. The molecular weight excluding hydrogens is 250 g/mol. The number of aryl methyl sites for hydroxylation is 2. The molecule has 1 aliphatic rings. The van der Waals surface area contributed by atoms with Crippen LogP contribution in [0.4, 0.5) is 0 Å². The molecule has 0 aromatic heterocycles. The minimum Gasteiger partial charge on any atom is -0.316 e. The lowest BCUT2D eigenvalue weighted by Gasteiger charge is -2.14. The summed E-state index contributed by atoms with van der Waals surface area (Å²) in [7, 11) is 0. The lowest BCUT2D eigenvalue weighted by Crippen LogP contribution is -2.24. The molecule has 1 aromatic carbocycles. The van der Waals surface area contributed by atoms with Crippen LogP contribution in [0.2, 0.25) is 0 Å². The molecule has 0 amide bonds. The van der Waals surface area contributed by atoms with E-state index in [2.05, 4.69) is 44.3 Å². The van der Waals surface area contributed by atoms with Crippen LogP contribution in [0.15, 0.2) is 23.1 Å². The molecule has 19 heavy (non-hydrogen) atoms. The highest BCUT2D eigenvalue weighted by Gasteiger charge is 2.12. The molecule has 0 fully saturated rings. The average molecular weight is 277 g/mol. The Bertz CT molecular complexity index is 400. The van der Waals surface area contributed by atoms with Crippen LogP contribution in [0.5, 0.6) is 0 Å². The van der Waals surface area contributed by atoms with E-state index >= 15 is 0 Å². The van der Waals surface area contributed by atoms with Gasteiger partial charge in [-0.25, -0.2) is 0 Å². The van der Waals surface area contributed by atoms with Crippen molar-refractivity contribution in [2.24, 2.45) is 5.92 Å². The molecule has 2 rings (SSSR count). The Kier molecular flexibility index (Phi) is 5.77. The average Bonchev–Trinajstić information content (AvgIpc) is 2.82. The topological polar surface area (TPSA) is 12.0 Å². The van der Waals surface area contributed by atoms with E-state index in [1.54, 1.807) is 11.1 Å². The summed E-state index contributed by atoms with van der Waals surface area (Å²) in [5.41, 5.74) is 3.16. The van der Waals surface area contributed by atoms with Crippen LogP contribution < -0.4 is 5.32 Å². The number of hydrogen-bond acceptors (Lipinski definition) is 2. The molecule has 1 nitrogen and oxygen atoms in total. The standard InChI is InChI=1S/C17H27NS/c1-13(2)9-10-18-12-14(3)19-17-8-7-15-5-4-6-16(15)11-17/h7-8,11,13-14,18H,4-6,9-10,12H2,1-3H3. The van der Waals surface area contributed by atoms with Crippen molar-refractivity contribution >= 4 is 11.8 Å². The monoisotopic (exact) mass is 277 g/mol. The number of benzene rings is 1. The van der Waals surface area contributed by atoms with E-state index in [0.717, 1.165) is 19.0 Å². The molecule has 0 spiro atoms. The minimum atomic E-state index is 0.645. The zero-order valence-corrected chi connectivity index (χ0v) is 13.4. The zero-order valence-electron chi connectivity index (χ0n) is 12.5. The van der Waals surface area contributed by atoms with Crippen molar-refractivity contribution in [3.8, 4) is 0 Å². The number of fused-ring (bicyclic) bond motifs is 1. The van der Waals surface area contributed by atoms with Gasteiger partial charge in [-0.05, 0) is 61.4 Å². The van der Waals surface area contributed by atoms with Crippen LogP contribution in [0.1, 0.15) is 44.7 Å². The van der Waals surface area contributed by atoms with Crippen LogP contribution in [0.3, 0.4) is 0 Å². The maximum atomic E-state index is 3.57. The van der Waals surface area contributed by atoms with Crippen molar-refractivity contribution in [2.45, 2.75) is 56.6 Å². The number of rotatable bonds is 7. The van der Waals surface area contributed by atoms with Gasteiger partial charge in [0, 0.05) is 16.7 Å². The fraction of sp³-hybridized carbons (Fsp3) is 0.647. The van der Waals surface area contributed by atoms with Crippen molar-refractivity contribution in [2.75, 3.05) is 13.1 Å². The van der Waals surface area contributed by atoms with Gasteiger partial charge >= 0.3 is 0 Å². The van der Waals surface area contributed by atoms with Crippen molar-refractivity contribution in [1.29, 1.82) is 0 Å². The SMILES string of the molecule is CC(C)CCNCC(C)Sc1ccc2c(c1)CCC2. The van der Waals surface area contributed by atoms with Gasteiger partial charge in [-0.1, -0.05) is 26.8 Å². The highest BCUT2D eigenvalue weighted by Crippen LogP contribution is 2.29. The van der Waals surface area contributed by atoms with Gasteiger partial charge in [0.25, 0.3) is 0 Å². The smallest absolute Gasteiger partial charge is 0.0191 e. The molecular formula is C17H27NS. The van der Waals surface area contributed by atoms with Gasteiger partial charge in [-0.15, -0.1) is 11.8 Å². The Morgan fingerprint density at radius 3 is 2.74 bits per heavy atom. The Balaban J connectivity index is 1.74. The number of hydrogen-bond donors (Lipinski definition) is 1. The van der Waals surface area contributed by atoms with Crippen LogP contribution in [-0.4, -0.2) is 18.3 Å². The van der Waals surface area contributed by atoms with Crippen LogP contribution in [0, 0.1) is 5.92 Å². The first-order valence-corrected chi connectivity index (χ1v) is 8.52. The summed E-state index contributed by atoms with van der Waals surface area (Å²) in [6, 6.07) is 7.06. The molecule has 0 saturated carbocycles. The van der Waals surface area contributed by atoms with E-state index in [-0.39, 0.29) is 0 Å². The Morgan fingerprint density at radius 2 is 1.95 bits per heavy atom. The molecule has 106 valence electrons. The van der Waals surface area contributed by atoms with Crippen LogP contribution in [0.25, 0.3) is 0 Å². The van der Waals surface area contributed by atoms with Gasteiger partial charge in [0.1, 0.15) is 0 Å². The van der Waals surface area contributed by atoms with Gasteiger partial charge < -0.3 is 5.32 Å². The molecule has 1 aromatic rings. The maximum absolute atomic E-state index is 3.57. The van der Waals surface area contributed by atoms with E-state index in [0.29, 0.717) is 5.25 Å². The molecule has 0 heterocycles. The summed E-state index contributed by atoms with van der Waals surface area (Å²) in [4.78, 5) is 1.44. The molecule has 1 atom stereocenters. The third-order valence-electron chi connectivity index (χ3n) is 3.74. The van der Waals surface area contributed by atoms with E-state index < -0.39 is 0 Å². The number of thioether (sulfide) groups is 1. The van der Waals surface area contributed by atoms with Crippen molar-refractivity contribution in [1.82, 2.24) is 5.32 Å². The van der Waals surface area contributed by atoms with Crippen molar-refractivity contribution < 1.29 is 0 Å². The summed E-state index contributed by atoms with van der Waals surface area (Å²) in [5.74, 6) is 0.798. The minimum absolute atomic E-state index is 0.645. The molecule has 0 aliphatic heterocycles. The lowest BCUT2D eigenvalue weighted by molar-refractivity contribution is 0.539. The molecule has 0 bridgehead atoms. The van der Waals surface area contributed by atoms with E-state index in [1.807, 2.05) is 11.8 Å². The molecule has 1 aliphatic carbocycles. The second-order valence-corrected chi connectivity index (χ2v) is 7.61. The molecule has 1 unspecified atom stereocenters. The largest absolute Gasteiger partial charge is 0.316 e. The van der Waals surface area contributed by atoms with Gasteiger partial charge in [-0.3, -0.25) is 0 Å². The molecule has 0 saturated heterocycles. The summed E-state index contributed by atoms with van der Waals surface area (Å²) in [6.07, 6.45) is 5.18. The third-order valence-corrected chi connectivity index (χ3v) is 4.83. The maximum Gasteiger partial charge on any atom is 0.0191 e. The zero-order chi connectivity index (χ0) is 13.7. The first kappa shape index (κ1) is 14.9. The van der Waals surface area contributed by atoms with Crippen molar-refractivity contribution in [3.63, 3.8) is 0 Å². The Morgan fingerprint density at radius 1 is 1.16 bits per heavy atom. The number of nitrogens with one attached hydrogen (secondary N) is 1. The fourth-order valence-electron chi connectivity index (χ4n) is 2.59. The summed E-state index contributed by atoms with van der Waals surface area (Å²) in [6.45, 7) is 9.14. The molecule has 0 radical (unpaired) electrons. The summed E-state index contributed by atoms with van der Waals surface area (Å²) in [5, 5.41) is 4.21. The van der Waals surface area contributed by atoms with Gasteiger partial charge in [0.05, 0.1) is 0 Å². The van der Waals surface area contributed by atoms with Crippen LogP contribution >= 0.6 is 11.8 Å².